The van der Waals surface area contributed by atoms with Crippen LogP contribution in [0.5, 0.6) is 0 Å². The monoisotopic (exact) mass is 428 g/mol. The number of halogens is 3. The van der Waals surface area contributed by atoms with Crippen molar-refractivity contribution in [1.29, 1.82) is 5.26 Å². The third-order valence-corrected chi connectivity index (χ3v) is 4.78. The number of hydrogen-bond donors (Lipinski definition) is 0. The van der Waals surface area contributed by atoms with Gasteiger partial charge in [0.05, 0.1) is 42.2 Å². The van der Waals surface area contributed by atoms with Crippen molar-refractivity contribution in [2.24, 2.45) is 4.99 Å². The Balaban J connectivity index is 1.72. The molecule has 13 heteroatoms. The van der Waals surface area contributed by atoms with Crippen LogP contribution in [0.2, 0.25) is 0 Å². The number of ether oxygens (including phenoxy) is 1. The summed E-state index contributed by atoms with van der Waals surface area (Å²) in [6.07, 6.45) is -3.28. The number of aromatic nitrogens is 3. The van der Waals surface area contributed by atoms with E-state index in [0.717, 1.165) is 6.07 Å². The van der Waals surface area contributed by atoms with Gasteiger partial charge in [-0.25, -0.2) is 9.98 Å². The lowest BCUT2D eigenvalue weighted by molar-refractivity contribution is -0.759. The summed E-state index contributed by atoms with van der Waals surface area (Å²) < 4.78 is 49.6. The van der Waals surface area contributed by atoms with E-state index in [1.807, 2.05) is 5.01 Å². The van der Waals surface area contributed by atoms with Crippen molar-refractivity contribution in [3.05, 3.63) is 29.1 Å². The summed E-state index contributed by atoms with van der Waals surface area (Å²) in [5, 5.41) is 26.6. The van der Waals surface area contributed by atoms with Gasteiger partial charge in [-0.3, -0.25) is 4.52 Å². The number of alkyl halides is 3. The first kappa shape index (κ1) is 20.9. The predicted molar refractivity (Wildman–Crippen MR) is 92.0 cm³/mol. The Morgan fingerprint density at radius 1 is 1.45 bits per heavy atom. The minimum Gasteiger partial charge on any atom is -0.861 e. The van der Waals surface area contributed by atoms with E-state index in [0.29, 0.717) is 38.1 Å². The lowest BCUT2D eigenvalue weighted by atomic mass is 10.1. The molecule has 2 aromatic rings. The van der Waals surface area contributed by atoms with E-state index in [2.05, 4.69) is 15.2 Å². The first-order chi connectivity index (χ1) is 13.8. The zero-order valence-corrected chi connectivity index (χ0v) is 16.0. The van der Waals surface area contributed by atoms with Gasteiger partial charge in [0.25, 0.3) is 6.20 Å². The molecule has 0 spiro atoms. The van der Waals surface area contributed by atoms with E-state index in [-0.39, 0.29) is 22.4 Å². The van der Waals surface area contributed by atoms with Crippen LogP contribution >= 0.6 is 11.8 Å². The van der Waals surface area contributed by atoms with Crippen molar-refractivity contribution in [2.45, 2.75) is 18.1 Å². The zero-order valence-electron chi connectivity index (χ0n) is 15.1. The maximum atomic E-state index is 13.1. The molecule has 9 nitrogen and oxygen atoms in total. The summed E-state index contributed by atoms with van der Waals surface area (Å²) in [6, 6.07) is 2.32. The molecule has 0 saturated carbocycles. The summed E-state index contributed by atoms with van der Waals surface area (Å²) in [7, 11) is 0. The number of nitrogens with zero attached hydrogens (tertiary/aromatic N) is 6. The first-order valence-electron chi connectivity index (χ1n) is 8.36. The smallest absolute Gasteiger partial charge is 0.417 e. The topological polar surface area (TPSA) is 114 Å². The number of rotatable bonds is 5. The van der Waals surface area contributed by atoms with E-state index in [1.54, 1.807) is 0 Å². The molecule has 154 valence electrons. The summed E-state index contributed by atoms with van der Waals surface area (Å²) >= 11 is 0.706. The number of thioether (sulfide) groups is 1. The van der Waals surface area contributed by atoms with Gasteiger partial charge in [-0.1, -0.05) is 11.8 Å². The van der Waals surface area contributed by atoms with Crippen molar-refractivity contribution in [3.63, 3.8) is 0 Å². The molecule has 0 unspecified atom stereocenters. The molecule has 1 fully saturated rings. The molecule has 0 bridgehead atoms. The van der Waals surface area contributed by atoms with E-state index in [1.165, 1.54) is 24.0 Å². The average Bonchev–Trinajstić information content (AvgIpc) is 3.14. The van der Waals surface area contributed by atoms with Crippen molar-refractivity contribution < 1.29 is 32.3 Å². The zero-order chi connectivity index (χ0) is 21.0. The Bertz CT molecular complexity index is 950. The molecule has 0 radical (unpaired) electrons. The molecule has 2 aromatic heterocycles. The molecule has 29 heavy (non-hydrogen) atoms. The molecule has 1 aliphatic rings. The highest BCUT2D eigenvalue weighted by Gasteiger charge is 2.35. The number of pyridine rings is 1. The van der Waals surface area contributed by atoms with Gasteiger partial charge >= 0.3 is 12.1 Å². The van der Waals surface area contributed by atoms with Gasteiger partial charge in [-0.15, -0.1) is 5.01 Å². The van der Waals surface area contributed by atoms with Crippen LogP contribution in [0.3, 0.4) is 0 Å². The Kier molecular flexibility index (Phi) is 6.23. The van der Waals surface area contributed by atoms with Crippen LogP contribution in [0, 0.1) is 18.3 Å². The maximum absolute atomic E-state index is 13.1. The average molecular weight is 428 g/mol. The largest absolute Gasteiger partial charge is 0.861 e. The minimum absolute atomic E-state index is 0.0456. The van der Waals surface area contributed by atoms with Gasteiger partial charge in [0.15, 0.2) is 0 Å². The summed E-state index contributed by atoms with van der Waals surface area (Å²) in [5.41, 5.74) is -1.61. The van der Waals surface area contributed by atoms with Crippen molar-refractivity contribution in [3.8, 4) is 6.07 Å². The molecular formula is C16H15F3N6O3S. The summed E-state index contributed by atoms with van der Waals surface area (Å²) in [6.45, 7) is 3.64. The second-order valence-electron chi connectivity index (χ2n) is 5.92. The Morgan fingerprint density at radius 3 is 2.83 bits per heavy atom. The molecule has 3 rings (SSSR count). The van der Waals surface area contributed by atoms with E-state index < -0.39 is 23.2 Å². The molecule has 0 aromatic carbocycles. The van der Waals surface area contributed by atoms with Gasteiger partial charge in [-0.2, -0.15) is 18.4 Å². The van der Waals surface area contributed by atoms with Gasteiger partial charge in [0, 0.05) is 11.4 Å². The number of hydrogen-bond acceptors (Lipinski definition) is 9. The molecule has 1 aliphatic heterocycles. The fourth-order valence-electron chi connectivity index (χ4n) is 2.54. The lowest BCUT2D eigenvalue weighted by Crippen LogP contribution is -2.62. The van der Waals surface area contributed by atoms with Gasteiger partial charge in [0.2, 0.25) is 5.27 Å². The standard InChI is InChI=1S/C16H15F3N6O3S/c1-10-6-12(16(17,18)19)11(7-20)15(21-10)29-9-13(26)22-14-8-25(23-28-14)24-2-4-27-5-3-24/h6,8H,2-5,9H2,1H3. The fourth-order valence-corrected chi connectivity index (χ4v) is 3.37. The summed E-state index contributed by atoms with van der Waals surface area (Å²) in [5.74, 6) is -1.03. The van der Waals surface area contributed by atoms with Crippen LogP contribution in [-0.4, -0.2) is 48.2 Å². The number of nitriles is 1. The highest BCUT2D eigenvalue weighted by molar-refractivity contribution is 7.99. The highest BCUT2D eigenvalue weighted by atomic mass is 32.2. The second-order valence-corrected chi connectivity index (χ2v) is 6.89. The van der Waals surface area contributed by atoms with E-state index >= 15 is 0 Å². The van der Waals surface area contributed by atoms with Crippen molar-refractivity contribution >= 4 is 23.5 Å². The Labute approximate surface area is 167 Å². The van der Waals surface area contributed by atoms with Crippen LogP contribution in [-0.2, 0) is 10.9 Å². The number of aryl methyl sites for hydroxylation is 1. The Morgan fingerprint density at radius 2 is 2.17 bits per heavy atom. The third-order valence-electron chi connectivity index (χ3n) is 3.82. The normalized spacial score (nSPS) is 15.4. The molecule has 0 atom stereocenters. The first-order valence-corrected chi connectivity index (χ1v) is 9.34. The molecule has 1 saturated heterocycles. The van der Waals surface area contributed by atoms with Gasteiger partial charge < -0.3 is 9.84 Å². The second kappa shape index (κ2) is 8.66. The van der Waals surface area contributed by atoms with E-state index in [9.17, 15) is 18.3 Å². The van der Waals surface area contributed by atoms with Crippen LogP contribution in [0.25, 0.3) is 0 Å². The van der Waals surface area contributed by atoms with Crippen molar-refractivity contribution in [2.75, 3.05) is 37.1 Å². The molecule has 0 amide bonds. The number of aliphatic imine (C=N–C) groups is 1. The predicted octanol–water partition coefficient (Wildman–Crippen LogP) is 0.707. The fraction of sp³-hybridized carbons (Fsp3) is 0.438. The minimum atomic E-state index is -4.70. The molecule has 3 heterocycles. The van der Waals surface area contributed by atoms with Crippen LogP contribution in [0.4, 0.5) is 19.1 Å². The van der Waals surface area contributed by atoms with Crippen LogP contribution in [0.15, 0.2) is 26.8 Å². The van der Waals surface area contributed by atoms with Crippen LogP contribution < -0.4 is 14.9 Å². The van der Waals surface area contributed by atoms with E-state index in [4.69, 9.17) is 14.5 Å². The molecular weight excluding hydrogens is 413 g/mol. The Hall–Kier alpha value is -2.85. The maximum Gasteiger partial charge on any atom is 0.417 e. The quantitative estimate of drug-likeness (QED) is 0.296. The molecule has 0 N–H and O–H groups in total. The van der Waals surface area contributed by atoms with Gasteiger partial charge in [-0.05, 0) is 18.9 Å². The van der Waals surface area contributed by atoms with Gasteiger partial charge in [0.1, 0.15) is 11.1 Å². The molecule has 0 aliphatic carbocycles. The number of morpholine rings is 1. The highest BCUT2D eigenvalue weighted by Crippen LogP contribution is 2.35. The third kappa shape index (κ3) is 5.15. The SMILES string of the molecule is Cc1cc(C(F)(F)F)c(C#N)c(SC/C([O-])=N\c2c[n+](N3CCOCC3)no2)n1. The van der Waals surface area contributed by atoms with Crippen LogP contribution in [0.1, 0.15) is 16.8 Å². The lowest BCUT2D eigenvalue weighted by Gasteiger charge is -2.18. The van der Waals surface area contributed by atoms with Crippen molar-refractivity contribution in [1.82, 2.24) is 10.3 Å². The summed E-state index contributed by atoms with van der Waals surface area (Å²) in [4.78, 5) is 9.10.